The fourth-order valence-corrected chi connectivity index (χ4v) is 5.95. The van der Waals surface area contributed by atoms with Gasteiger partial charge in [-0.25, -0.2) is 13.2 Å². The van der Waals surface area contributed by atoms with Gasteiger partial charge in [-0.1, -0.05) is 18.6 Å². The van der Waals surface area contributed by atoms with Gasteiger partial charge in [0.15, 0.2) is 0 Å². The summed E-state index contributed by atoms with van der Waals surface area (Å²) in [6.45, 7) is 0.926. The zero-order chi connectivity index (χ0) is 20.3. The van der Waals surface area contributed by atoms with Crippen LogP contribution in [0.25, 0.3) is 11.6 Å². The molecule has 0 aliphatic carbocycles. The van der Waals surface area contributed by atoms with E-state index in [1.54, 1.807) is 6.07 Å². The van der Waals surface area contributed by atoms with E-state index in [2.05, 4.69) is 0 Å². The highest BCUT2D eigenvalue weighted by Gasteiger charge is 2.28. The van der Waals surface area contributed by atoms with Gasteiger partial charge in [-0.15, -0.1) is 11.3 Å². The number of nitro groups is 1. The molecule has 1 aromatic heterocycles. The molecule has 0 bridgehead atoms. The Morgan fingerprint density at radius 1 is 1.18 bits per heavy atom. The van der Waals surface area contributed by atoms with Gasteiger partial charge in [0.05, 0.1) is 10.5 Å². The fourth-order valence-electron chi connectivity index (χ4n) is 2.97. The van der Waals surface area contributed by atoms with Crippen LogP contribution in [0.4, 0.5) is 5.69 Å². The average molecular weight is 422 g/mol. The third-order valence-electron chi connectivity index (χ3n) is 4.38. The monoisotopic (exact) mass is 422 g/mol. The van der Waals surface area contributed by atoms with Crippen LogP contribution in [-0.2, 0) is 14.8 Å². The van der Waals surface area contributed by atoms with Crippen molar-refractivity contribution < 1.29 is 23.2 Å². The molecule has 2 heterocycles. The van der Waals surface area contributed by atoms with Crippen molar-refractivity contribution in [2.24, 2.45) is 0 Å². The lowest BCUT2D eigenvalue weighted by molar-refractivity contribution is -0.384. The molecule has 1 fully saturated rings. The largest absolute Gasteiger partial charge is 0.478 e. The number of sulfonamides is 1. The molecule has 0 unspecified atom stereocenters. The second-order valence-electron chi connectivity index (χ2n) is 6.30. The van der Waals surface area contributed by atoms with E-state index >= 15 is 0 Å². The highest BCUT2D eigenvalue weighted by atomic mass is 32.2. The maximum absolute atomic E-state index is 12.8. The zero-order valence-electron chi connectivity index (χ0n) is 14.8. The van der Waals surface area contributed by atoms with Gasteiger partial charge in [0, 0.05) is 30.1 Å². The van der Waals surface area contributed by atoms with Crippen molar-refractivity contribution in [3.8, 4) is 0 Å². The van der Waals surface area contributed by atoms with E-state index in [0.29, 0.717) is 18.7 Å². The van der Waals surface area contributed by atoms with E-state index in [9.17, 15) is 28.4 Å². The van der Waals surface area contributed by atoms with Gasteiger partial charge >= 0.3 is 5.97 Å². The highest BCUT2D eigenvalue weighted by molar-refractivity contribution is 7.91. The number of piperidine rings is 1. The van der Waals surface area contributed by atoms with Crippen LogP contribution in [0.15, 0.2) is 40.6 Å². The van der Waals surface area contributed by atoms with Gasteiger partial charge in [0.25, 0.3) is 15.7 Å². The smallest absolute Gasteiger partial charge is 0.337 e. The summed E-state index contributed by atoms with van der Waals surface area (Å²) in [6, 6.07) is 8.46. The molecule has 0 radical (unpaired) electrons. The Morgan fingerprint density at radius 3 is 2.54 bits per heavy atom. The minimum atomic E-state index is -3.65. The predicted octanol–water partition coefficient (Wildman–Crippen LogP) is 3.46. The number of rotatable bonds is 6. The quantitative estimate of drug-likeness (QED) is 0.433. The lowest BCUT2D eigenvalue weighted by atomic mass is 10.1. The molecule has 1 aliphatic rings. The fraction of sp³-hybridized carbons (Fsp3) is 0.278. The Morgan fingerprint density at radius 2 is 1.89 bits per heavy atom. The van der Waals surface area contributed by atoms with Gasteiger partial charge in [-0.05, 0) is 36.6 Å². The van der Waals surface area contributed by atoms with Crippen molar-refractivity contribution in [1.29, 1.82) is 0 Å². The molecule has 0 amide bonds. The molecule has 1 N–H and O–H groups in total. The lowest BCUT2D eigenvalue weighted by Gasteiger charge is -2.25. The number of carbonyl (C=O) groups is 1. The number of hydrogen-bond donors (Lipinski definition) is 1. The van der Waals surface area contributed by atoms with E-state index in [0.717, 1.165) is 30.6 Å². The van der Waals surface area contributed by atoms with Gasteiger partial charge in [-0.3, -0.25) is 10.1 Å². The third kappa shape index (κ3) is 4.29. The average Bonchev–Trinajstić information content (AvgIpc) is 3.17. The van der Waals surface area contributed by atoms with Crippen LogP contribution < -0.4 is 0 Å². The summed E-state index contributed by atoms with van der Waals surface area (Å²) in [4.78, 5) is 22.3. The number of nitrogens with zero attached hydrogens (tertiary/aromatic N) is 2. The first-order valence-corrected chi connectivity index (χ1v) is 10.8. The Labute approximate surface area is 165 Å². The number of non-ortho nitro benzene ring substituents is 1. The van der Waals surface area contributed by atoms with Gasteiger partial charge in [0.2, 0.25) is 0 Å². The normalized spacial score (nSPS) is 16.1. The molecule has 3 rings (SSSR count). The molecule has 1 aliphatic heterocycles. The Kier molecular flexibility index (Phi) is 5.92. The summed E-state index contributed by atoms with van der Waals surface area (Å²) in [6.07, 6.45) is 3.92. The molecule has 1 aromatic carbocycles. The topological polar surface area (TPSA) is 118 Å². The van der Waals surface area contributed by atoms with E-state index in [1.807, 2.05) is 0 Å². The summed E-state index contributed by atoms with van der Waals surface area (Å²) in [5.41, 5.74) is 0.0732. The lowest BCUT2D eigenvalue weighted by Crippen LogP contribution is -2.35. The number of aliphatic carboxylic acids is 1. The Bertz CT molecular complexity index is 1040. The number of nitro benzene ring substituents is 1. The van der Waals surface area contributed by atoms with Gasteiger partial charge in [-0.2, -0.15) is 4.31 Å². The van der Waals surface area contributed by atoms with Crippen molar-refractivity contribution in [2.45, 2.75) is 23.5 Å². The van der Waals surface area contributed by atoms with Crippen molar-refractivity contribution in [3.05, 3.63) is 57.0 Å². The molecular weight excluding hydrogens is 404 g/mol. The number of carboxylic acid groups (broad SMARTS) is 1. The minimum Gasteiger partial charge on any atom is -0.478 e. The standard InChI is InChI=1S/C18H18N2O6S2/c21-18(22)15(12-13-5-4-6-14(11-13)20(23)24)16-7-8-17(27-16)28(25,26)19-9-2-1-3-10-19/h4-8,11-12H,1-3,9-10H2,(H,21,22)/b15-12-. The Balaban J connectivity index is 1.95. The first-order chi connectivity index (χ1) is 13.3. The van der Waals surface area contributed by atoms with Gasteiger partial charge < -0.3 is 5.11 Å². The first kappa shape index (κ1) is 20.2. The third-order valence-corrected chi connectivity index (χ3v) is 7.86. The zero-order valence-corrected chi connectivity index (χ0v) is 16.4. The second kappa shape index (κ2) is 8.21. The van der Waals surface area contributed by atoms with Crippen LogP contribution in [0.5, 0.6) is 0 Å². The molecule has 1 saturated heterocycles. The minimum absolute atomic E-state index is 0.0931. The highest BCUT2D eigenvalue weighted by Crippen LogP contribution is 2.32. The van der Waals surface area contributed by atoms with E-state index < -0.39 is 20.9 Å². The van der Waals surface area contributed by atoms with Crippen molar-refractivity contribution in [1.82, 2.24) is 4.31 Å². The number of carboxylic acids is 1. The summed E-state index contributed by atoms with van der Waals surface area (Å²) in [7, 11) is -3.65. The number of hydrogen-bond acceptors (Lipinski definition) is 6. The van der Waals surface area contributed by atoms with Gasteiger partial charge in [0.1, 0.15) is 4.21 Å². The van der Waals surface area contributed by atoms with Crippen LogP contribution >= 0.6 is 11.3 Å². The van der Waals surface area contributed by atoms with Crippen LogP contribution in [-0.4, -0.2) is 41.8 Å². The first-order valence-electron chi connectivity index (χ1n) is 8.59. The molecule has 28 heavy (non-hydrogen) atoms. The number of benzene rings is 1. The van der Waals surface area contributed by atoms with Crippen LogP contribution in [0.3, 0.4) is 0 Å². The summed E-state index contributed by atoms with van der Waals surface area (Å²) >= 11 is 0.887. The van der Waals surface area contributed by atoms with Crippen molar-refractivity contribution in [2.75, 3.05) is 13.1 Å². The summed E-state index contributed by atoms with van der Waals surface area (Å²) in [5, 5.41) is 20.5. The second-order valence-corrected chi connectivity index (χ2v) is 9.55. The van der Waals surface area contributed by atoms with E-state index in [4.69, 9.17) is 0 Å². The van der Waals surface area contributed by atoms with Crippen LogP contribution in [0.2, 0.25) is 0 Å². The molecular formula is C18H18N2O6S2. The van der Waals surface area contributed by atoms with Crippen LogP contribution in [0, 0.1) is 10.1 Å². The SMILES string of the molecule is O=C(O)/C(=C\c1cccc([N+](=O)[O-])c1)c1ccc(S(=O)(=O)N2CCCCC2)s1. The van der Waals surface area contributed by atoms with E-state index in [1.165, 1.54) is 40.7 Å². The molecule has 0 spiro atoms. The van der Waals surface area contributed by atoms with E-state index in [-0.39, 0.29) is 20.3 Å². The molecule has 10 heteroatoms. The van der Waals surface area contributed by atoms with Crippen molar-refractivity contribution in [3.63, 3.8) is 0 Å². The predicted molar refractivity (Wildman–Crippen MR) is 106 cm³/mol. The molecule has 0 atom stereocenters. The maximum atomic E-state index is 12.8. The summed E-state index contributed by atoms with van der Waals surface area (Å²) in [5.74, 6) is -1.24. The Hall–Kier alpha value is -2.56. The van der Waals surface area contributed by atoms with Crippen molar-refractivity contribution >= 4 is 44.7 Å². The molecule has 2 aromatic rings. The molecule has 0 saturated carbocycles. The molecule has 8 nitrogen and oxygen atoms in total. The maximum Gasteiger partial charge on any atom is 0.337 e. The van der Waals surface area contributed by atoms with Crippen LogP contribution in [0.1, 0.15) is 29.7 Å². The number of thiophene rings is 1. The summed E-state index contributed by atoms with van der Waals surface area (Å²) < 4.78 is 27.1. The molecule has 148 valence electrons.